The number of rotatable bonds is 2. The number of benzene rings is 1. The third-order valence-electron chi connectivity index (χ3n) is 3.98. The molecule has 0 aromatic heterocycles. The van der Waals surface area contributed by atoms with Gasteiger partial charge in [0.2, 0.25) is 0 Å². The molecule has 0 aliphatic carbocycles. The van der Waals surface area contributed by atoms with Crippen LogP contribution in [0, 0.1) is 6.92 Å². The summed E-state index contributed by atoms with van der Waals surface area (Å²) in [5.74, 6) is -0.0163. The van der Waals surface area contributed by atoms with Crippen LogP contribution >= 0.6 is 0 Å². The van der Waals surface area contributed by atoms with E-state index < -0.39 is 5.60 Å². The van der Waals surface area contributed by atoms with Gasteiger partial charge in [0.25, 0.3) is 5.91 Å². The number of amides is 2. The standard InChI is InChI=1S/C19H26N2O3/c1-6-15-14(2)8-7-9-16(15)17(22)20-10-12-21(13-11-20)18(23)24-19(3,4)5/h6-9H,1,10-13H2,2-5H3. The van der Waals surface area contributed by atoms with Crippen molar-refractivity contribution in [1.82, 2.24) is 9.80 Å². The fourth-order valence-corrected chi connectivity index (χ4v) is 2.73. The summed E-state index contributed by atoms with van der Waals surface area (Å²) in [5, 5.41) is 0. The van der Waals surface area contributed by atoms with Crippen LogP contribution in [0.15, 0.2) is 24.8 Å². The van der Waals surface area contributed by atoms with Gasteiger partial charge in [0.1, 0.15) is 5.60 Å². The van der Waals surface area contributed by atoms with Gasteiger partial charge in [-0.25, -0.2) is 4.79 Å². The van der Waals surface area contributed by atoms with Crippen LogP contribution in [0.2, 0.25) is 0 Å². The molecule has 1 heterocycles. The third-order valence-corrected chi connectivity index (χ3v) is 3.98. The monoisotopic (exact) mass is 330 g/mol. The Morgan fingerprint density at radius 2 is 1.71 bits per heavy atom. The zero-order valence-corrected chi connectivity index (χ0v) is 15.0. The predicted octanol–water partition coefficient (Wildman–Crippen LogP) is 3.33. The Labute approximate surface area is 143 Å². The van der Waals surface area contributed by atoms with E-state index in [1.807, 2.05) is 45.9 Å². The van der Waals surface area contributed by atoms with Gasteiger partial charge in [-0.05, 0) is 44.9 Å². The lowest BCUT2D eigenvalue weighted by molar-refractivity contribution is 0.0141. The van der Waals surface area contributed by atoms with E-state index in [0.717, 1.165) is 11.1 Å². The van der Waals surface area contributed by atoms with Crippen LogP contribution in [0.3, 0.4) is 0 Å². The highest BCUT2D eigenvalue weighted by atomic mass is 16.6. The van der Waals surface area contributed by atoms with Crippen LogP contribution in [-0.2, 0) is 4.74 Å². The van der Waals surface area contributed by atoms with Crippen LogP contribution in [0.25, 0.3) is 6.08 Å². The molecule has 1 aromatic rings. The van der Waals surface area contributed by atoms with Gasteiger partial charge in [0.05, 0.1) is 0 Å². The molecule has 0 unspecified atom stereocenters. The van der Waals surface area contributed by atoms with Crippen molar-refractivity contribution in [2.75, 3.05) is 26.2 Å². The maximum absolute atomic E-state index is 12.8. The van der Waals surface area contributed by atoms with Gasteiger partial charge < -0.3 is 14.5 Å². The predicted molar refractivity (Wildman–Crippen MR) is 95.0 cm³/mol. The molecule has 0 atom stereocenters. The number of nitrogens with zero attached hydrogens (tertiary/aromatic N) is 2. The van der Waals surface area contributed by atoms with Gasteiger partial charge in [-0.2, -0.15) is 0 Å². The topological polar surface area (TPSA) is 49.9 Å². The molecule has 130 valence electrons. The number of hydrogen-bond acceptors (Lipinski definition) is 3. The first-order valence-corrected chi connectivity index (χ1v) is 8.22. The molecule has 1 aromatic carbocycles. The largest absolute Gasteiger partial charge is 0.444 e. The number of piperazine rings is 1. The van der Waals surface area contributed by atoms with E-state index in [4.69, 9.17) is 4.74 Å². The van der Waals surface area contributed by atoms with Gasteiger partial charge in [0.15, 0.2) is 0 Å². The Bertz CT molecular complexity index is 639. The number of carbonyl (C=O) groups is 2. The number of hydrogen-bond donors (Lipinski definition) is 0. The van der Waals surface area contributed by atoms with Gasteiger partial charge in [-0.15, -0.1) is 0 Å². The molecule has 1 fully saturated rings. The summed E-state index contributed by atoms with van der Waals surface area (Å²) < 4.78 is 5.38. The van der Waals surface area contributed by atoms with Crippen molar-refractivity contribution < 1.29 is 14.3 Å². The third kappa shape index (κ3) is 4.16. The quantitative estimate of drug-likeness (QED) is 0.836. The number of aryl methyl sites for hydroxylation is 1. The van der Waals surface area contributed by atoms with Crippen molar-refractivity contribution in [3.05, 3.63) is 41.5 Å². The van der Waals surface area contributed by atoms with Crippen molar-refractivity contribution in [1.29, 1.82) is 0 Å². The van der Waals surface area contributed by atoms with Gasteiger partial charge >= 0.3 is 6.09 Å². The molecular formula is C19H26N2O3. The van der Waals surface area contributed by atoms with E-state index in [9.17, 15) is 9.59 Å². The molecule has 0 N–H and O–H groups in total. The zero-order chi connectivity index (χ0) is 17.9. The Morgan fingerprint density at radius 1 is 1.12 bits per heavy atom. The lowest BCUT2D eigenvalue weighted by Crippen LogP contribution is -2.51. The first-order chi connectivity index (χ1) is 11.2. The van der Waals surface area contributed by atoms with Crippen molar-refractivity contribution in [2.24, 2.45) is 0 Å². The van der Waals surface area contributed by atoms with Crippen LogP contribution < -0.4 is 0 Å². The summed E-state index contributed by atoms with van der Waals surface area (Å²) >= 11 is 0. The van der Waals surface area contributed by atoms with Gasteiger partial charge in [0, 0.05) is 31.7 Å². The van der Waals surface area contributed by atoms with E-state index in [1.165, 1.54) is 0 Å². The smallest absolute Gasteiger partial charge is 0.410 e. The molecule has 2 amide bonds. The summed E-state index contributed by atoms with van der Waals surface area (Å²) in [6, 6.07) is 5.67. The summed E-state index contributed by atoms with van der Waals surface area (Å²) in [6.45, 7) is 13.3. The van der Waals surface area contributed by atoms with E-state index in [0.29, 0.717) is 31.7 Å². The van der Waals surface area contributed by atoms with E-state index >= 15 is 0 Å². The Morgan fingerprint density at radius 3 is 2.25 bits per heavy atom. The molecular weight excluding hydrogens is 304 g/mol. The number of carbonyl (C=O) groups excluding carboxylic acids is 2. The fraction of sp³-hybridized carbons (Fsp3) is 0.474. The highest BCUT2D eigenvalue weighted by Crippen LogP contribution is 2.19. The van der Waals surface area contributed by atoms with Crippen LogP contribution in [0.5, 0.6) is 0 Å². The minimum absolute atomic E-state index is 0.0163. The summed E-state index contributed by atoms with van der Waals surface area (Å²) in [7, 11) is 0. The first-order valence-electron chi connectivity index (χ1n) is 8.22. The summed E-state index contributed by atoms with van der Waals surface area (Å²) in [4.78, 5) is 28.3. The molecule has 2 rings (SSSR count). The molecule has 5 heteroatoms. The van der Waals surface area contributed by atoms with Gasteiger partial charge in [-0.1, -0.05) is 24.8 Å². The summed E-state index contributed by atoms with van der Waals surface area (Å²) in [6.07, 6.45) is 1.40. The molecule has 0 saturated carbocycles. The second-order valence-corrected chi connectivity index (χ2v) is 7.00. The van der Waals surface area contributed by atoms with Gasteiger partial charge in [-0.3, -0.25) is 4.79 Å². The SMILES string of the molecule is C=Cc1c(C)cccc1C(=O)N1CCN(C(=O)OC(C)(C)C)CC1. The first kappa shape index (κ1) is 18.0. The highest BCUT2D eigenvalue weighted by Gasteiger charge is 2.28. The molecule has 0 bridgehead atoms. The summed E-state index contributed by atoms with van der Waals surface area (Å²) in [5.41, 5.74) is 2.06. The lowest BCUT2D eigenvalue weighted by atomic mass is 10.0. The van der Waals surface area contributed by atoms with E-state index in [2.05, 4.69) is 6.58 Å². The molecule has 1 saturated heterocycles. The molecule has 5 nitrogen and oxygen atoms in total. The minimum Gasteiger partial charge on any atom is -0.444 e. The Kier molecular flexibility index (Phi) is 5.32. The molecule has 0 spiro atoms. The average Bonchev–Trinajstić information content (AvgIpc) is 2.52. The average molecular weight is 330 g/mol. The minimum atomic E-state index is -0.509. The van der Waals surface area contributed by atoms with Crippen molar-refractivity contribution in [3.8, 4) is 0 Å². The second kappa shape index (κ2) is 7.07. The number of ether oxygens (including phenoxy) is 1. The van der Waals surface area contributed by atoms with Crippen molar-refractivity contribution in [3.63, 3.8) is 0 Å². The maximum atomic E-state index is 12.8. The molecule has 0 radical (unpaired) electrons. The molecule has 1 aliphatic heterocycles. The second-order valence-electron chi connectivity index (χ2n) is 7.00. The molecule has 24 heavy (non-hydrogen) atoms. The van der Waals surface area contributed by atoms with Crippen LogP contribution in [0.4, 0.5) is 4.79 Å². The van der Waals surface area contributed by atoms with E-state index in [-0.39, 0.29) is 12.0 Å². The van der Waals surface area contributed by atoms with Crippen molar-refractivity contribution in [2.45, 2.75) is 33.3 Å². The maximum Gasteiger partial charge on any atom is 0.410 e. The Hall–Kier alpha value is -2.30. The Balaban J connectivity index is 2.02. The van der Waals surface area contributed by atoms with Crippen LogP contribution in [-0.4, -0.2) is 53.6 Å². The highest BCUT2D eigenvalue weighted by molar-refractivity contribution is 5.98. The zero-order valence-electron chi connectivity index (χ0n) is 15.0. The van der Waals surface area contributed by atoms with Crippen molar-refractivity contribution >= 4 is 18.1 Å². The van der Waals surface area contributed by atoms with Crippen LogP contribution in [0.1, 0.15) is 42.3 Å². The normalized spacial score (nSPS) is 15.2. The van der Waals surface area contributed by atoms with E-state index in [1.54, 1.807) is 15.9 Å². The fourth-order valence-electron chi connectivity index (χ4n) is 2.73. The molecule has 1 aliphatic rings. The lowest BCUT2D eigenvalue weighted by Gasteiger charge is -2.35.